The molecule has 4 nitrogen and oxygen atoms in total. The Morgan fingerprint density at radius 2 is 1.78 bits per heavy atom. The van der Waals surface area contributed by atoms with Gasteiger partial charge in [0.25, 0.3) is 0 Å². The third-order valence-corrected chi connectivity index (χ3v) is 9.34. The van der Waals surface area contributed by atoms with Crippen molar-refractivity contribution in [1.29, 1.82) is 0 Å². The Morgan fingerprint density at radius 3 is 2.50 bits per heavy atom. The zero-order valence-corrected chi connectivity index (χ0v) is 22.5. The van der Waals surface area contributed by atoms with Crippen molar-refractivity contribution < 1.29 is 14.3 Å². The van der Waals surface area contributed by atoms with Crippen LogP contribution in [0.25, 0.3) is 0 Å². The number of benzene rings is 2. The Labute approximate surface area is 224 Å². The molecule has 0 radical (unpaired) electrons. The van der Waals surface area contributed by atoms with Gasteiger partial charge in [0.15, 0.2) is 0 Å². The largest absolute Gasteiger partial charge is 0.426 e. The van der Waals surface area contributed by atoms with Crippen LogP contribution in [0.15, 0.2) is 42.5 Å². The van der Waals surface area contributed by atoms with Crippen LogP contribution in [0.4, 0.5) is 5.69 Å². The normalized spacial score (nSPS) is 26.6. The first kappa shape index (κ1) is 25.6. The fourth-order valence-electron chi connectivity index (χ4n) is 7.13. The van der Waals surface area contributed by atoms with Crippen LogP contribution in [0.5, 0.6) is 5.75 Å². The summed E-state index contributed by atoms with van der Waals surface area (Å²) in [6.07, 6.45) is 6.24. The molecular formula is C30H35Cl2NO3. The number of rotatable bonds is 8. The van der Waals surface area contributed by atoms with E-state index in [-0.39, 0.29) is 17.8 Å². The van der Waals surface area contributed by atoms with Crippen LogP contribution in [-0.2, 0) is 22.4 Å². The number of Topliss-reactive ketones (excluding diaryl/α,β-unsaturated/α-hetero) is 1. The highest BCUT2D eigenvalue weighted by Crippen LogP contribution is 2.59. The van der Waals surface area contributed by atoms with Gasteiger partial charge in [0, 0.05) is 42.4 Å². The van der Waals surface area contributed by atoms with Crippen LogP contribution in [0.3, 0.4) is 0 Å². The second kappa shape index (κ2) is 10.8. The Hall–Kier alpha value is -2.04. The van der Waals surface area contributed by atoms with Crippen molar-refractivity contribution in [3.63, 3.8) is 0 Å². The van der Waals surface area contributed by atoms with Gasteiger partial charge < -0.3 is 9.64 Å². The van der Waals surface area contributed by atoms with Crippen LogP contribution in [0.2, 0.25) is 0 Å². The van der Waals surface area contributed by atoms with Crippen LogP contribution in [-0.4, -0.2) is 36.6 Å². The van der Waals surface area contributed by atoms with Gasteiger partial charge in [0.05, 0.1) is 6.42 Å². The lowest BCUT2D eigenvalue weighted by molar-refractivity contribution is -0.133. The topological polar surface area (TPSA) is 46.6 Å². The lowest BCUT2D eigenvalue weighted by atomic mass is 9.55. The highest BCUT2D eigenvalue weighted by Gasteiger charge is 2.54. The van der Waals surface area contributed by atoms with E-state index in [1.54, 1.807) is 0 Å². The molecule has 2 aromatic rings. The number of aryl methyl sites for hydroxylation is 1. The van der Waals surface area contributed by atoms with Crippen molar-refractivity contribution in [3.05, 3.63) is 59.2 Å². The molecule has 3 aliphatic rings. The lowest BCUT2D eigenvalue weighted by Crippen LogP contribution is -2.42. The van der Waals surface area contributed by atoms with Crippen molar-refractivity contribution in [2.75, 3.05) is 29.7 Å². The molecule has 0 saturated heterocycles. The van der Waals surface area contributed by atoms with Gasteiger partial charge in [-0.1, -0.05) is 25.1 Å². The third kappa shape index (κ3) is 4.91. The molecule has 0 aliphatic heterocycles. The minimum absolute atomic E-state index is 0.0984. The number of ketones is 1. The van der Waals surface area contributed by atoms with Crippen molar-refractivity contribution in [2.45, 2.75) is 57.8 Å². The molecule has 2 fully saturated rings. The van der Waals surface area contributed by atoms with Crippen LogP contribution in [0, 0.1) is 17.3 Å². The fourth-order valence-corrected chi connectivity index (χ4v) is 7.53. The maximum absolute atomic E-state index is 12.7. The maximum atomic E-state index is 12.7. The maximum Gasteiger partial charge on any atom is 0.315 e. The van der Waals surface area contributed by atoms with Gasteiger partial charge in [0.1, 0.15) is 11.5 Å². The number of carbonyl (C=O) groups excluding carboxylic acids is 2. The predicted molar refractivity (Wildman–Crippen MR) is 145 cm³/mol. The van der Waals surface area contributed by atoms with Gasteiger partial charge in [-0.15, -0.1) is 23.2 Å². The monoisotopic (exact) mass is 527 g/mol. The summed E-state index contributed by atoms with van der Waals surface area (Å²) in [5.74, 6) is 3.57. The molecule has 3 aliphatic carbocycles. The average Bonchev–Trinajstić information content (AvgIpc) is 3.18. The summed E-state index contributed by atoms with van der Waals surface area (Å²) in [5, 5.41) is 0. The van der Waals surface area contributed by atoms with E-state index in [1.807, 2.05) is 30.3 Å². The second-order valence-corrected chi connectivity index (χ2v) is 11.6. The first-order valence-electron chi connectivity index (χ1n) is 13.3. The summed E-state index contributed by atoms with van der Waals surface area (Å²) in [7, 11) is 0. The number of ether oxygens (including phenoxy) is 1. The fraction of sp³-hybridized carbons (Fsp3) is 0.533. The van der Waals surface area contributed by atoms with E-state index in [2.05, 4.69) is 24.0 Å². The molecule has 0 heterocycles. The molecule has 192 valence electrons. The van der Waals surface area contributed by atoms with E-state index in [0.717, 1.165) is 62.9 Å². The summed E-state index contributed by atoms with van der Waals surface area (Å²) in [5.41, 5.74) is 4.57. The zero-order valence-electron chi connectivity index (χ0n) is 21.0. The number of hydrogen-bond donors (Lipinski definition) is 0. The van der Waals surface area contributed by atoms with Crippen molar-refractivity contribution in [2.24, 2.45) is 17.3 Å². The first-order valence-corrected chi connectivity index (χ1v) is 14.3. The Morgan fingerprint density at radius 1 is 1.03 bits per heavy atom. The molecule has 0 N–H and O–H groups in total. The van der Waals surface area contributed by atoms with Gasteiger partial charge >= 0.3 is 5.97 Å². The van der Waals surface area contributed by atoms with Gasteiger partial charge in [-0.25, -0.2) is 0 Å². The van der Waals surface area contributed by atoms with E-state index >= 15 is 0 Å². The van der Waals surface area contributed by atoms with Crippen molar-refractivity contribution >= 4 is 40.6 Å². The number of fused-ring (bicyclic) bond motifs is 5. The minimum Gasteiger partial charge on any atom is -0.426 e. The van der Waals surface area contributed by atoms with Gasteiger partial charge in [-0.05, 0) is 90.8 Å². The highest BCUT2D eigenvalue weighted by atomic mass is 35.5. The van der Waals surface area contributed by atoms with E-state index in [9.17, 15) is 9.59 Å². The number of alkyl halides is 2. The summed E-state index contributed by atoms with van der Waals surface area (Å²) < 4.78 is 5.75. The van der Waals surface area contributed by atoms with E-state index < -0.39 is 0 Å². The second-order valence-electron chi connectivity index (χ2n) is 10.9. The Kier molecular flexibility index (Phi) is 7.65. The number of hydrogen-bond acceptors (Lipinski definition) is 4. The highest BCUT2D eigenvalue weighted by molar-refractivity contribution is 6.18. The predicted octanol–water partition coefficient (Wildman–Crippen LogP) is 6.54. The number of halogens is 2. The zero-order chi connectivity index (χ0) is 25.3. The van der Waals surface area contributed by atoms with Crippen LogP contribution < -0.4 is 9.64 Å². The van der Waals surface area contributed by atoms with E-state index in [1.165, 1.54) is 11.1 Å². The summed E-state index contributed by atoms with van der Waals surface area (Å²) in [6, 6.07) is 14.1. The molecule has 0 amide bonds. The Bertz CT molecular complexity index is 1110. The SMILES string of the molecule is C[C@]12CC[C@@H]3c4ccc(OC(=O)Cc5ccc(N(CCCl)CCCl)cc5)cc4CC[C@@H]3[C@@H]1CCC2=O. The molecule has 6 heteroatoms. The number of nitrogens with zero attached hydrogens (tertiary/aromatic N) is 1. The summed E-state index contributed by atoms with van der Waals surface area (Å²) in [6.45, 7) is 3.67. The van der Waals surface area contributed by atoms with E-state index in [0.29, 0.717) is 41.0 Å². The molecule has 0 spiro atoms. The van der Waals surface area contributed by atoms with Crippen LogP contribution in [0.1, 0.15) is 61.6 Å². The molecular weight excluding hydrogens is 493 g/mol. The Balaban J connectivity index is 1.22. The smallest absolute Gasteiger partial charge is 0.315 e. The molecule has 2 saturated carbocycles. The number of esters is 1. The molecule has 0 aromatic heterocycles. The summed E-state index contributed by atoms with van der Waals surface area (Å²) >= 11 is 11.8. The standard InChI is InChI=1S/C30H35Cl2NO3/c1-30-13-12-25-24-9-7-23(19-21(24)4-8-26(25)27(30)10-11-28(30)34)36-29(35)18-20-2-5-22(6-3-20)33(16-14-31)17-15-32/h2-3,5-7,9,19,25-27H,4,8,10-18H2,1H3/t25-,26+,27+,30+/m1/s1. The average molecular weight is 529 g/mol. The molecule has 2 aromatic carbocycles. The minimum atomic E-state index is -0.257. The van der Waals surface area contributed by atoms with Gasteiger partial charge in [-0.3, -0.25) is 9.59 Å². The number of anilines is 1. The molecule has 5 rings (SSSR count). The van der Waals surface area contributed by atoms with Crippen molar-refractivity contribution in [3.8, 4) is 5.75 Å². The molecule has 0 bridgehead atoms. The van der Waals surface area contributed by atoms with Gasteiger partial charge in [-0.2, -0.15) is 0 Å². The third-order valence-electron chi connectivity index (χ3n) is 9.00. The number of carbonyl (C=O) groups is 2. The first-order chi connectivity index (χ1) is 17.4. The summed E-state index contributed by atoms with van der Waals surface area (Å²) in [4.78, 5) is 27.4. The van der Waals surface area contributed by atoms with E-state index in [4.69, 9.17) is 27.9 Å². The van der Waals surface area contributed by atoms with Crippen molar-refractivity contribution in [1.82, 2.24) is 0 Å². The molecule has 36 heavy (non-hydrogen) atoms. The quantitative estimate of drug-likeness (QED) is 0.222. The molecule has 0 unspecified atom stereocenters. The van der Waals surface area contributed by atoms with Gasteiger partial charge in [0.2, 0.25) is 0 Å². The lowest BCUT2D eigenvalue weighted by Gasteiger charge is -2.48. The molecule has 4 atom stereocenters. The van der Waals surface area contributed by atoms with Crippen LogP contribution >= 0.6 is 23.2 Å².